The number of anilines is 1. The van der Waals surface area contributed by atoms with Gasteiger partial charge < -0.3 is 10.2 Å². The molecular weight excluding hydrogens is 502 g/mol. The molecule has 184 valence electrons. The summed E-state index contributed by atoms with van der Waals surface area (Å²) in [7, 11) is 0. The summed E-state index contributed by atoms with van der Waals surface area (Å²) < 4.78 is 28.5. The highest BCUT2D eigenvalue weighted by Crippen LogP contribution is 2.34. The van der Waals surface area contributed by atoms with Crippen LogP contribution in [0.3, 0.4) is 0 Å². The third-order valence-corrected chi connectivity index (χ3v) is 7.62. The third kappa shape index (κ3) is 4.83. The number of aromatic nitrogens is 2. The Balaban J connectivity index is 1.35. The standard InChI is InChI=1S/C27H23ClF2N4OS/c1-16-19(26(35)32-12-18-15-36-27(33-18)17-6-3-2-4-7-17)13-31-23-8-5-11-34(25(16)23)14-20-21(29)9-10-22(30)24(20)28/h2-4,6-7,9-10,13,15H,5,8,11-12,14H2,1H3,(H,32,35). The fraction of sp³-hybridized carbons (Fsp3) is 0.222. The molecule has 0 aliphatic carbocycles. The van der Waals surface area contributed by atoms with Gasteiger partial charge in [-0.1, -0.05) is 41.9 Å². The summed E-state index contributed by atoms with van der Waals surface area (Å²) in [6.45, 7) is 2.85. The van der Waals surface area contributed by atoms with Crippen molar-refractivity contribution in [3.63, 3.8) is 0 Å². The quantitative estimate of drug-likeness (QED) is 0.299. The van der Waals surface area contributed by atoms with E-state index in [1.807, 2.05) is 47.5 Å². The fourth-order valence-corrected chi connectivity index (χ4v) is 5.49. The van der Waals surface area contributed by atoms with E-state index in [0.717, 1.165) is 58.2 Å². The molecule has 36 heavy (non-hydrogen) atoms. The van der Waals surface area contributed by atoms with E-state index < -0.39 is 11.6 Å². The average Bonchev–Trinajstić information content (AvgIpc) is 3.37. The number of rotatable bonds is 6. The van der Waals surface area contributed by atoms with Gasteiger partial charge in [0.1, 0.15) is 16.6 Å². The number of carbonyl (C=O) groups excluding carboxylic acids is 1. The van der Waals surface area contributed by atoms with Crippen LogP contribution in [0.5, 0.6) is 0 Å². The zero-order chi connectivity index (χ0) is 25.2. The molecule has 9 heteroatoms. The van der Waals surface area contributed by atoms with Crippen molar-refractivity contribution < 1.29 is 13.6 Å². The van der Waals surface area contributed by atoms with Crippen LogP contribution in [0.15, 0.2) is 54.0 Å². The van der Waals surface area contributed by atoms with Crippen LogP contribution in [-0.4, -0.2) is 22.4 Å². The van der Waals surface area contributed by atoms with Crippen molar-refractivity contribution in [2.24, 2.45) is 0 Å². The summed E-state index contributed by atoms with van der Waals surface area (Å²) in [6, 6.07) is 12.0. The van der Waals surface area contributed by atoms with Crippen LogP contribution in [0, 0.1) is 18.6 Å². The van der Waals surface area contributed by atoms with E-state index >= 15 is 0 Å². The molecule has 0 atom stereocenters. The monoisotopic (exact) mass is 524 g/mol. The highest BCUT2D eigenvalue weighted by Gasteiger charge is 2.26. The van der Waals surface area contributed by atoms with Crippen LogP contribution >= 0.6 is 22.9 Å². The minimum absolute atomic E-state index is 0.0874. The second-order valence-corrected chi connectivity index (χ2v) is 9.87. The molecule has 0 radical (unpaired) electrons. The van der Waals surface area contributed by atoms with Crippen molar-refractivity contribution in [1.82, 2.24) is 15.3 Å². The molecule has 3 heterocycles. The molecule has 0 unspecified atom stereocenters. The lowest BCUT2D eigenvalue weighted by atomic mass is 9.99. The van der Waals surface area contributed by atoms with Gasteiger partial charge in [0.15, 0.2) is 0 Å². The minimum atomic E-state index is -0.661. The zero-order valence-corrected chi connectivity index (χ0v) is 21.1. The second-order valence-electron chi connectivity index (χ2n) is 8.63. The van der Waals surface area contributed by atoms with Crippen molar-refractivity contribution in [3.8, 4) is 10.6 Å². The van der Waals surface area contributed by atoms with Crippen molar-refractivity contribution in [3.05, 3.63) is 98.8 Å². The van der Waals surface area contributed by atoms with Crippen molar-refractivity contribution in [2.75, 3.05) is 11.4 Å². The van der Waals surface area contributed by atoms with Crippen LogP contribution in [-0.2, 0) is 19.5 Å². The first-order valence-corrected chi connectivity index (χ1v) is 12.8. The number of pyridine rings is 1. The molecule has 0 bridgehead atoms. The normalized spacial score (nSPS) is 12.9. The molecular formula is C27H23ClF2N4OS. The number of hydrogen-bond acceptors (Lipinski definition) is 5. The number of hydrogen-bond donors (Lipinski definition) is 1. The Morgan fingerprint density at radius 2 is 1.94 bits per heavy atom. The van der Waals surface area contributed by atoms with Gasteiger partial charge >= 0.3 is 0 Å². The molecule has 1 aliphatic heterocycles. The predicted molar refractivity (Wildman–Crippen MR) is 138 cm³/mol. The molecule has 1 amide bonds. The summed E-state index contributed by atoms with van der Waals surface area (Å²) in [6.07, 6.45) is 3.14. The summed E-state index contributed by atoms with van der Waals surface area (Å²) >= 11 is 7.61. The van der Waals surface area contributed by atoms with Gasteiger partial charge in [0.05, 0.1) is 34.2 Å². The van der Waals surface area contributed by atoms with E-state index in [1.54, 1.807) is 6.20 Å². The molecule has 5 rings (SSSR count). The molecule has 0 saturated heterocycles. The lowest BCUT2D eigenvalue weighted by Crippen LogP contribution is -2.32. The van der Waals surface area contributed by atoms with E-state index in [-0.39, 0.29) is 29.6 Å². The van der Waals surface area contributed by atoms with E-state index in [1.165, 1.54) is 11.3 Å². The average molecular weight is 525 g/mol. The molecule has 4 aromatic rings. The smallest absolute Gasteiger partial charge is 0.253 e. The van der Waals surface area contributed by atoms with Gasteiger partial charge in [-0.2, -0.15) is 0 Å². The Bertz CT molecular complexity index is 1430. The Morgan fingerprint density at radius 1 is 1.17 bits per heavy atom. The molecule has 0 saturated carbocycles. The van der Waals surface area contributed by atoms with Gasteiger partial charge in [0, 0.05) is 35.8 Å². The van der Waals surface area contributed by atoms with E-state index in [2.05, 4.69) is 15.3 Å². The first-order chi connectivity index (χ1) is 17.4. The van der Waals surface area contributed by atoms with Crippen molar-refractivity contribution in [2.45, 2.75) is 32.9 Å². The van der Waals surface area contributed by atoms with Crippen molar-refractivity contribution >= 4 is 34.5 Å². The number of thiazole rings is 1. The summed E-state index contributed by atoms with van der Waals surface area (Å²) in [4.78, 5) is 24.2. The molecule has 1 N–H and O–H groups in total. The molecule has 5 nitrogen and oxygen atoms in total. The van der Waals surface area contributed by atoms with Crippen molar-refractivity contribution in [1.29, 1.82) is 0 Å². The number of carbonyl (C=O) groups is 1. The lowest BCUT2D eigenvalue weighted by molar-refractivity contribution is 0.0949. The first-order valence-electron chi connectivity index (χ1n) is 11.6. The molecule has 1 aliphatic rings. The summed E-state index contributed by atoms with van der Waals surface area (Å²) in [5.41, 5.74) is 4.68. The van der Waals surface area contributed by atoms with Gasteiger partial charge in [-0.05, 0) is 37.5 Å². The highest BCUT2D eigenvalue weighted by atomic mass is 35.5. The number of benzene rings is 2. The summed E-state index contributed by atoms with van der Waals surface area (Å²) in [5, 5.41) is 5.54. The van der Waals surface area contributed by atoms with Crippen LogP contribution < -0.4 is 10.2 Å². The summed E-state index contributed by atoms with van der Waals surface area (Å²) in [5.74, 6) is -1.49. The Kier molecular flexibility index (Phi) is 6.98. The Labute approximate surface area is 216 Å². The number of nitrogens with zero attached hydrogens (tertiary/aromatic N) is 3. The molecule has 0 spiro atoms. The molecule has 2 aromatic carbocycles. The number of halogens is 3. The molecule has 0 fully saturated rings. The first kappa shape index (κ1) is 24.3. The van der Waals surface area contributed by atoms with E-state index in [4.69, 9.17) is 11.6 Å². The number of nitrogens with one attached hydrogen (secondary N) is 1. The second kappa shape index (κ2) is 10.3. The van der Waals surface area contributed by atoms with Crippen LogP contribution in [0.1, 0.15) is 39.3 Å². The van der Waals surface area contributed by atoms with Gasteiger partial charge in [-0.15, -0.1) is 11.3 Å². The third-order valence-electron chi connectivity index (χ3n) is 6.27. The van der Waals surface area contributed by atoms with Crippen LogP contribution in [0.25, 0.3) is 10.6 Å². The largest absolute Gasteiger partial charge is 0.365 e. The van der Waals surface area contributed by atoms with E-state index in [9.17, 15) is 13.6 Å². The van der Waals surface area contributed by atoms with Gasteiger partial charge in [-0.25, -0.2) is 13.8 Å². The number of fused-ring (bicyclic) bond motifs is 1. The highest BCUT2D eigenvalue weighted by molar-refractivity contribution is 7.13. The lowest BCUT2D eigenvalue weighted by Gasteiger charge is -2.33. The van der Waals surface area contributed by atoms with Crippen LogP contribution in [0.2, 0.25) is 5.02 Å². The Morgan fingerprint density at radius 3 is 2.75 bits per heavy atom. The fourth-order valence-electron chi connectivity index (χ4n) is 4.46. The van der Waals surface area contributed by atoms with Crippen LogP contribution in [0.4, 0.5) is 14.5 Å². The number of amides is 1. The molecule has 2 aromatic heterocycles. The maximum Gasteiger partial charge on any atom is 0.253 e. The maximum absolute atomic E-state index is 14.5. The number of aryl methyl sites for hydroxylation is 1. The predicted octanol–water partition coefficient (Wildman–Crippen LogP) is 6.33. The zero-order valence-electron chi connectivity index (χ0n) is 19.5. The van der Waals surface area contributed by atoms with Gasteiger partial charge in [0.2, 0.25) is 0 Å². The topological polar surface area (TPSA) is 58.1 Å². The SMILES string of the molecule is Cc1c(C(=O)NCc2csc(-c3ccccc3)n2)cnc2c1N(Cc1c(F)ccc(F)c1Cl)CCC2. The van der Waals surface area contributed by atoms with Gasteiger partial charge in [0.25, 0.3) is 5.91 Å². The van der Waals surface area contributed by atoms with E-state index in [0.29, 0.717) is 12.1 Å². The van der Waals surface area contributed by atoms with Gasteiger partial charge in [-0.3, -0.25) is 9.78 Å². The minimum Gasteiger partial charge on any atom is -0.365 e. The maximum atomic E-state index is 14.5. The Hall–Kier alpha value is -3.36.